The van der Waals surface area contributed by atoms with Crippen LogP contribution in [0.5, 0.6) is 0 Å². The Morgan fingerprint density at radius 1 is 1.13 bits per heavy atom. The lowest BCUT2D eigenvalue weighted by molar-refractivity contribution is 0.483. The van der Waals surface area contributed by atoms with E-state index in [0.717, 1.165) is 39.8 Å². The molecule has 0 saturated heterocycles. The molecule has 0 spiro atoms. The summed E-state index contributed by atoms with van der Waals surface area (Å²) in [4.78, 5) is 4.58. The highest BCUT2D eigenvalue weighted by atomic mass is 16.3. The maximum absolute atomic E-state index is 5.94. The van der Waals surface area contributed by atoms with Crippen LogP contribution in [-0.4, -0.2) is 20.0 Å². The van der Waals surface area contributed by atoms with Gasteiger partial charge in [0, 0.05) is 12.1 Å². The van der Waals surface area contributed by atoms with Crippen LogP contribution >= 0.6 is 0 Å². The number of para-hydroxylation sites is 1. The standard InChI is InChI=1S/C18H18N4O/c1-11(2)10-22-16-8-7-13(9-15(16)20-21-22)18-19-14-6-4-5-12(3)17(14)23-18/h4-9,11H,10H2,1-3H3. The van der Waals surface area contributed by atoms with Crippen LogP contribution in [0.4, 0.5) is 0 Å². The minimum Gasteiger partial charge on any atom is -0.436 e. The zero-order valence-corrected chi connectivity index (χ0v) is 13.4. The van der Waals surface area contributed by atoms with E-state index in [0.29, 0.717) is 11.8 Å². The predicted molar refractivity (Wildman–Crippen MR) is 90.1 cm³/mol. The Labute approximate surface area is 133 Å². The average molecular weight is 306 g/mol. The first-order valence-electron chi connectivity index (χ1n) is 7.81. The highest BCUT2D eigenvalue weighted by Gasteiger charge is 2.12. The molecule has 0 unspecified atom stereocenters. The molecule has 4 rings (SSSR count). The van der Waals surface area contributed by atoms with Crippen LogP contribution < -0.4 is 0 Å². The van der Waals surface area contributed by atoms with E-state index in [9.17, 15) is 0 Å². The summed E-state index contributed by atoms with van der Waals surface area (Å²) in [5, 5.41) is 8.52. The quantitative estimate of drug-likeness (QED) is 0.569. The molecular weight excluding hydrogens is 288 g/mol. The van der Waals surface area contributed by atoms with Crippen molar-refractivity contribution in [2.45, 2.75) is 27.3 Å². The minimum atomic E-state index is 0.527. The summed E-state index contributed by atoms with van der Waals surface area (Å²) in [6.45, 7) is 7.22. The van der Waals surface area contributed by atoms with Crippen LogP contribution in [0.3, 0.4) is 0 Å². The van der Waals surface area contributed by atoms with Gasteiger partial charge in [0.1, 0.15) is 11.0 Å². The molecule has 0 bridgehead atoms. The number of rotatable bonds is 3. The summed E-state index contributed by atoms with van der Waals surface area (Å²) in [5.41, 5.74) is 5.63. The Kier molecular flexibility index (Phi) is 3.15. The Balaban J connectivity index is 1.80. The Morgan fingerprint density at radius 3 is 2.78 bits per heavy atom. The molecule has 5 nitrogen and oxygen atoms in total. The molecule has 2 aromatic heterocycles. The van der Waals surface area contributed by atoms with Gasteiger partial charge in [-0.15, -0.1) is 5.10 Å². The van der Waals surface area contributed by atoms with Gasteiger partial charge in [-0.2, -0.15) is 0 Å². The van der Waals surface area contributed by atoms with Gasteiger partial charge in [-0.3, -0.25) is 0 Å². The van der Waals surface area contributed by atoms with Gasteiger partial charge in [0.05, 0.1) is 5.52 Å². The van der Waals surface area contributed by atoms with E-state index in [4.69, 9.17) is 4.42 Å². The summed E-state index contributed by atoms with van der Waals surface area (Å²) in [6, 6.07) is 12.0. The number of benzene rings is 2. The molecule has 0 fully saturated rings. The van der Waals surface area contributed by atoms with E-state index in [-0.39, 0.29) is 0 Å². The highest BCUT2D eigenvalue weighted by Crippen LogP contribution is 2.28. The molecule has 2 aromatic carbocycles. The summed E-state index contributed by atoms with van der Waals surface area (Å²) < 4.78 is 7.88. The molecule has 0 N–H and O–H groups in total. The number of hydrogen-bond donors (Lipinski definition) is 0. The van der Waals surface area contributed by atoms with Gasteiger partial charge in [-0.05, 0) is 42.7 Å². The lowest BCUT2D eigenvalue weighted by Crippen LogP contribution is -2.05. The first-order chi connectivity index (χ1) is 11.1. The van der Waals surface area contributed by atoms with Crippen molar-refractivity contribution in [1.82, 2.24) is 20.0 Å². The second kappa shape index (κ2) is 5.19. The number of aryl methyl sites for hydroxylation is 1. The smallest absolute Gasteiger partial charge is 0.227 e. The molecule has 2 heterocycles. The molecule has 0 atom stereocenters. The Morgan fingerprint density at radius 2 is 2.00 bits per heavy atom. The van der Waals surface area contributed by atoms with Gasteiger partial charge >= 0.3 is 0 Å². The Hall–Kier alpha value is -2.69. The van der Waals surface area contributed by atoms with Crippen molar-refractivity contribution >= 4 is 22.1 Å². The predicted octanol–water partition coefficient (Wildman–Crippen LogP) is 4.20. The zero-order valence-electron chi connectivity index (χ0n) is 13.4. The van der Waals surface area contributed by atoms with Gasteiger partial charge in [0.15, 0.2) is 5.58 Å². The molecule has 116 valence electrons. The first kappa shape index (κ1) is 13.9. The van der Waals surface area contributed by atoms with Crippen LogP contribution in [0, 0.1) is 12.8 Å². The van der Waals surface area contributed by atoms with E-state index in [1.165, 1.54) is 0 Å². The lowest BCUT2D eigenvalue weighted by atomic mass is 10.2. The molecule has 0 aliphatic rings. The van der Waals surface area contributed by atoms with Gasteiger partial charge in [0.25, 0.3) is 0 Å². The molecule has 23 heavy (non-hydrogen) atoms. The number of fused-ring (bicyclic) bond motifs is 2. The number of oxazole rings is 1. The molecule has 5 heteroatoms. The lowest BCUT2D eigenvalue weighted by Gasteiger charge is -2.04. The fourth-order valence-electron chi connectivity index (χ4n) is 2.80. The monoisotopic (exact) mass is 306 g/mol. The summed E-state index contributed by atoms with van der Waals surface area (Å²) in [5.74, 6) is 1.15. The summed E-state index contributed by atoms with van der Waals surface area (Å²) >= 11 is 0. The molecule has 0 aliphatic heterocycles. The van der Waals surface area contributed by atoms with Crippen molar-refractivity contribution < 1.29 is 4.42 Å². The zero-order chi connectivity index (χ0) is 16.0. The summed E-state index contributed by atoms with van der Waals surface area (Å²) in [7, 11) is 0. The molecule has 4 aromatic rings. The van der Waals surface area contributed by atoms with Gasteiger partial charge in [0.2, 0.25) is 5.89 Å². The minimum absolute atomic E-state index is 0.527. The first-order valence-corrected chi connectivity index (χ1v) is 7.81. The van der Waals surface area contributed by atoms with Crippen LogP contribution in [0.15, 0.2) is 40.8 Å². The maximum Gasteiger partial charge on any atom is 0.227 e. The molecule has 0 amide bonds. The van der Waals surface area contributed by atoms with E-state index in [2.05, 4.69) is 29.1 Å². The van der Waals surface area contributed by atoms with Crippen molar-refractivity contribution in [3.8, 4) is 11.5 Å². The van der Waals surface area contributed by atoms with Gasteiger partial charge < -0.3 is 4.42 Å². The molecule has 0 aliphatic carbocycles. The summed E-state index contributed by atoms with van der Waals surface area (Å²) in [6.07, 6.45) is 0. The van der Waals surface area contributed by atoms with Crippen LogP contribution in [-0.2, 0) is 6.54 Å². The second-order valence-electron chi connectivity index (χ2n) is 6.31. The highest BCUT2D eigenvalue weighted by molar-refractivity contribution is 5.83. The SMILES string of the molecule is Cc1cccc2nc(-c3ccc4c(c3)nnn4CC(C)C)oc12. The van der Waals surface area contributed by atoms with Crippen molar-refractivity contribution in [2.75, 3.05) is 0 Å². The van der Waals surface area contributed by atoms with E-state index in [1.54, 1.807) is 0 Å². The van der Waals surface area contributed by atoms with Crippen molar-refractivity contribution in [1.29, 1.82) is 0 Å². The van der Waals surface area contributed by atoms with Crippen LogP contribution in [0.2, 0.25) is 0 Å². The molecular formula is C18H18N4O. The second-order valence-corrected chi connectivity index (χ2v) is 6.31. The van der Waals surface area contributed by atoms with E-state index in [1.807, 2.05) is 48.0 Å². The van der Waals surface area contributed by atoms with Crippen molar-refractivity contribution in [2.24, 2.45) is 5.92 Å². The van der Waals surface area contributed by atoms with Crippen molar-refractivity contribution in [3.63, 3.8) is 0 Å². The Bertz CT molecular complexity index is 997. The third-order valence-corrected chi connectivity index (χ3v) is 3.91. The number of aromatic nitrogens is 4. The van der Waals surface area contributed by atoms with E-state index < -0.39 is 0 Å². The van der Waals surface area contributed by atoms with Crippen LogP contribution in [0.25, 0.3) is 33.6 Å². The third kappa shape index (κ3) is 2.38. The fraction of sp³-hybridized carbons (Fsp3) is 0.278. The van der Waals surface area contributed by atoms with E-state index >= 15 is 0 Å². The molecule has 0 saturated carbocycles. The third-order valence-electron chi connectivity index (χ3n) is 3.91. The topological polar surface area (TPSA) is 56.7 Å². The maximum atomic E-state index is 5.94. The normalized spacial score (nSPS) is 11.8. The number of nitrogens with zero attached hydrogens (tertiary/aromatic N) is 4. The number of hydrogen-bond acceptors (Lipinski definition) is 4. The van der Waals surface area contributed by atoms with Gasteiger partial charge in [-0.25, -0.2) is 9.67 Å². The van der Waals surface area contributed by atoms with Crippen molar-refractivity contribution in [3.05, 3.63) is 42.0 Å². The largest absolute Gasteiger partial charge is 0.436 e. The van der Waals surface area contributed by atoms with Crippen LogP contribution in [0.1, 0.15) is 19.4 Å². The fourth-order valence-corrected chi connectivity index (χ4v) is 2.80. The van der Waals surface area contributed by atoms with Gasteiger partial charge in [-0.1, -0.05) is 31.2 Å². The molecule has 0 radical (unpaired) electrons. The average Bonchev–Trinajstić information content (AvgIpc) is 3.12.